The molecule has 30 heavy (non-hydrogen) atoms. The number of rotatable bonds is 7. The molecule has 5 nitrogen and oxygen atoms in total. The zero-order chi connectivity index (χ0) is 21.7. The lowest BCUT2D eigenvalue weighted by molar-refractivity contribution is -0.145. The third-order valence-electron chi connectivity index (χ3n) is 4.80. The van der Waals surface area contributed by atoms with Crippen LogP contribution in [0, 0.1) is 5.92 Å². The molecule has 3 aromatic carbocycles. The molecule has 0 saturated carbocycles. The number of hydrogen-bond acceptors (Lipinski definition) is 4. The van der Waals surface area contributed by atoms with Gasteiger partial charge >= 0.3 is 5.97 Å². The molecule has 0 aliphatic rings. The molecule has 0 saturated heterocycles. The van der Waals surface area contributed by atoms with E-state index >= 15 is 0 Å². The van der Waals surface area contributed by atoms with Gasteiger partial charge in [-0.2, -0.15) is 0 Å². The Kier molecular flexibility index (Phi) is 6.62. The van der Waals surface area contributed by atoms with Gasteiger partial charge in [0.05, 0.1) is 6.42 Å². The lowest BCUT2D eigenvalue weighted by Crippen LogP contribution is -2.25. The number of carbonyl (C=O) groups excluding carboxylic acids is 3. The Labute approximate surface area is 176 Å². The van der Waals surface area contributed by atoms with E-state index in [4.69, 9.17) is 4.74 Å². The van der Waals surface area contributed by atoms with E-state index < -0.39 is 12.1 Å². The fraction of sp³-hybridized carbons (Fsp3) is 0.240. The summed E-state index contributed by atoms with van der Waals surface area (Å²) in [5, 5.41) is 4.93. The van der Waals surface area contributed by atoms with E-state index in [-0.39, 0.29) is 24.0 Å². The Morgan fingerprint density at radius 2 is 1.53 bits per heavy atom. The van der Waals surface area contributed by atoms with Crippen molar-refractivity contribution < 1.29 is 19.1 Å². The zero-order valence-corrected chi connectivity index (χ0v) is 17.3. The van der Waals surface area contributed by atoms with E-state index in [1.165, 1.54) is 0 Å². The van der Waals surface area contributed by atoms with Gasteiger partial charge in [-0.3, -0.25) is 14.4 Å². The number of ketones is 1. The van der Waals surface area contributed by atoms with Crippen molar-refractivity contribution in [2.45, 2.75) is 33.3 Å². The van der Waals surface area contributed by atoms with Gasteiger partial charge in [-0.05, 0) is 47.5 Å². The molecule has 1 atom stereocenters. The number of amides is 1. The molecule has 5 heteroatoms. The molecule has 3 rings (SSSR count). The van der Waals surface area contributed by atoms with Gasteiger partial charge in [0, 0.05) is 17.2 Å². The smallest absolute Gasteiger partial charge is 0.310 e. The normalized spacial score (nSPS) is 11.9. The van der Waals surface area contributed by atoms with Gasteiger partial charge in [-0.25, -0.2) is 0 Å². The van der Waals surface area contributed by atoms with Gasteiger partial charge in [0.1, 0.15) is 0 Å². The molecule has 154 valence electrons. The van der Waals surface area contributed by atoms with E-state index in [9.17, 15) is 14.4 Å². The molecular weight excluding hydrogens is 378 g/mol. The summed E-state index contributed by atoms with van der Waals surface area (Å²) in [5.74, 6) is -0.964. The van der Waals surface area contributed by atoms with Crippen LogP contribution in [0.3, 0.4) is 0 Å². The zero-order valence-electron chi connectivity index (χ0n) is 17.3. The van der Waals surface area contributed by atoms with E-state index in [1.807, 2.05) is 42.5 Å². The van der Waals surface area contributed by atoms with Crippen LogP contribution in [-0.2, 0) is 20.7 Å². The van der Waals surface area contributed by atoms with Crippen LogP contribution in [0.5, 0.6) is 0 Å². The topological polar surface area (TPSA) is 72.5 Å². The Morgan fingerprint density at radius 1 is 0.867 bits per heavy atom. The van der Waals surface area contributed by atoms with Crippen LogP contribution >= 0.6 is 0 Å². The molecule has 0 aliphatic carbocycles. The van der Waals surface area contributed by atoms with Crippen molar-refractivity contribution in [3.05, 3.63) is 77.9 Å². The summed E-state index contributed by atoms with van der Waals surface area (Å²) in [6.45, 7) is 5.18. The van der Waals surface area contributed by atoms with Crippen molar-refractivity contribution in [3.63, 3.8) is 0 Å². The molecule has 0 aromatic heterocycles. The summed E-state index contributed by atoms with van der Waals surface area (Å²) in [6, 6.07) is 20.3. The average molecular weight is 403 g/mol. The van der Waals surface area contributed by atoms with Crippen molar-refractivity contribution >= 4 is 34.1 Å². The number of Topliss-reactive ketones (excluding diaryl/α,β-unsaturated/α-hetero) is 1. The largest absolute Gasteiger partial charge is 0.454 e. The van der Waals surface area contributed by atoms with Crippen molar-refractivity contribution in [2.75, 3.05) is 5.32 Å². The molecule has 0 spiro atoms. The minimum atomic E-state index is -0.894. The highest BCUT2D eigenvalue weighted by Gasteiger charge is 2.20. The highest BCUT2D eigenvalue weighted by Crippen LogP contribution is 2.17. The lowest BCUT2D eigenvalue weighted by atomic mass is 10.0. The van der Waals surface area contributed by atoms with Crippen LogP contribution in [0.15, 0.2) is 66.7 Å². The van der Waals surface area contributed by atoms with Crippen LogP contribution in [-0.4, -0.2) is 23.8 Å². The van der Waals surface area contributed by atoms with Crippen LogP contribution in [0.1, 0.15) is 36.7 Å². The van der Waals surface area contributed by atoms with Crippen LogP contribution in [0.25, 0.3) is 10.8 Å². The molecule has 0 unspecified atom stereocenters. The number of ether oxygens (including phenoxy) is 1. The number of carbonyl (C=O) groups is 3. The van der Waals surface area contributed by atoms with E-state index in [0.29, 0.717) is 11.3 Å². The highest BCUT2D eigenvalue weighted by molar-refractivity contribution is 6.01. The maximum absolute atomic E-state index is 12.6. The maximum atomic E-state index is 12.6. The Bertz CT molecular complexity index is 1070. The second-order valence-electron chi connectivity index (χ2n) is 7.58. The quantitative estimate of drug-likeness (QED) is 0.455. The fourth-order valence-electron chi connectivity index (χ4n) is 3.05. The second kappa shape index (κ2) is 9.35. The monoisotopic (exact) mass is 403 g/mol. The predicted molar refractivity (Wildman–Crippen MR) is 117 cm³/mol. The van der Waals surface area contributed by atoms with Crippen molar-refractivity contribution in [2.24, 2.45) is 5.92 Å². The minimum absolute atomic E-state index is 0.0925. The fourth-order valence-corrected chi connectivity index (χ4v) is 3.05. The molecule has 0 heterocycles. The first kappa shape index (κ1) is 21.2. The third kappa shape index (κ3) is 5.32. The number of fused-ring (bicyclic) bond motifs is 1. The van der Waals surface area contributed by atoms with Gasteiger partial charge < -0.3 is 10.1 Å². The van der Waals surface area contributed by atoms with Crippen LogP contribution < -0.4 is 5.32 Å². The van der Waals surface area contributed by atoms with E-state index in [1.54, 1.807) is 45.0 Å². The molecule has 1 N–H and O–H groups in total. The standard InChI is InChI=1S/C25H25NO4/c1-16(2)25(29)26-22-12-10-20(11-13-22)24(28)17(3)30-23(27)15-18-8-9-19-6-4-5-7-21(19)14-18/h4-14,16-17H,15H2,1-3H3,(H,26,29)/t17-/m0/s1. The average Bonchev–Trinajstić information content (AvgIpc) is 2.73. The Balaban J connectivity index is 1.58. The summed E-state index contributed by atoms with van der Waals surface area (Å²) in [4.78, 5) is 36.6. The van der Waals surface area contributed by atoms with E-state index in [2.05, 4.69) is 5.32 Å². The van der Waals surface area contributed by atoms with E-state index in [0.717, 1.165) is 16.3 Å². The van der Waals surface area contributed by atoms with Gasteiger partial charge in [-0.15, -0.1) is 0 Å². The molecule has 0 fully saturated rings. The first-order valence-corrected chi connectivity index (χ1v) is 9.96. The molecule has 1 amide bonds. The second-order valence-corrected chi connectivity index (χ2v) is 7.58. The summed E-state index contributed by atoms with van der Waals surface area (Å²) in [6.07, 6.45) is -0.795. The highest BCUT2D eigenvalue weighted by atomic mass is 16.5. The molecule has 0 aliphatic heterocycles. The van der Waals surface area contributed by atoms with Crippen molar-refractivity contribution in [1.29, 1.82) is 0 Å². The first-order chi connectivity index (χ1) is 14.3. The Hall–Kier alpha value is -3.47. The lowest BCUT2D eigenvalue weighted by Gasteiger charge is -2.13. The number of anilines is 1. The number of benzene rings is 3. The van der Waals surface area contributed by atoms with Crippen molar-refractivity contribution in [3.8, 4) is 0 Å². The minimum Gasteiger partial charge on any atom is -0.454 e. The summed E-state index contributed by atoms with van der Waals surface area (Å²) in [5.41, 5.74) is 1.87. The Morgan fingerprint density at radius 3 is 2.20 bits per heavy atom. The predicted octanol–water partition coefficient (Wildman–Crippen LogP) is 4.79. The summed E-state index contributed by atoms with van der Waals surface area (Å²) >= 11 is 0. The van der Waals surface area contributed by atoms with Crippen LogP contribution in [0.2, 0.25) is 0 Å². The number of esters is 1. The summed E-state index contributed by atoms with van der Waals surface area (Å²) in [7, 11) is 0. The molecule has 0 bridgehead atoms. The molecular formula is C25H25NO4. The number of hydrogen-bond donors (Lipinski definition) is 1. The van der Waals surface area contributed by atoms with Gasteiger partial charge in [-0.1, -0.05) is 56.3 Å². The molecule has 3 aromatic rings. The van der Waals surface area contributed by atoms with Gasteiger partial charge in [0.15, 0.2) is 6.10 Å². The van der Waals surface area contributed by atoms with Crippen molar-refractivity contribution in [1.82, 2.24) is 0 Å². The first-order valence-electron chi connectivity index (χ1n) is 9.96. The summed E-state index contributed by atoms with van der Waals surface area (Å²) < 4.78 is 5.35. The number of nitrogens with one attached hydrogen (secondary N) is 1. The van der Waals surface area contributed by atoms with Crippen LogP contribution in [0.4, 0.5) is 5.69 Å². The third-order valence-corrected chi connectivity index (χ3v) is 4.80. The van der Waals surface area contributed by atoms with Gasteiger partial charge in [0.2, 0.25) is 11.7 Å². The van der Waals surface area contributed by atoms with Gasteiger partial charge in [0.25, 0.3) is 0 Å². The maximum Gasteiger partial charge on any atom is 0.310 e. The SMILES string of the molecule is CC(C)C(=O)Nc1ccc(C(=O)[C@H](C)OC(=O)Cc2ccc3ccccc3c2)cc1. The molecule has 0 radical (unpaired) electrons.